The van der Waals surface area contributed by atoms with E-state index in [0.717, 1.165) is 11.3 Å². The Labute approximate surface area is 112 Å². The van der Waals surface area contributed by atoms with Crippen molar-refractivity contribution >= 4 is 11.6 Å². The highest BCUT2D eigenvalue weighted by Gasteiger charge is 2.09. The Bertz CT molecular complexity index is 582. The van der Waals surface area contributed by atoms with E-state index in [1.54, 1.807) is 31.4 Å². The van der Waals surface area contributed by atoms with Crippen molar-refractivity contribution in [2.75, 3.05) is 12.8 Å². The van der Waals surface area contributed by atoms with Crippen LogP contribution in [0.2, 0.25) is 0 Å². The summed E-state index contributed by atoms with van der Waals surface area (Å²) in [5.41, 5.74) is 7.64. The van der Waals surface area contributed by atoms with Crippen LogP contribution in [0.25, 0.3) is 0 Å². The molecule has 0 saturated heterocycles. The third-order valence-electron chi connectivity index (χ3n) is 2.84. The third-order valence-corrected chi connectivity index (χ3v) is 2.84. The topological polar surface area (TPSA) is 64.3 Å². The predicted molar refractivity (Wildman–Crippen MR) is 75.0 cm³/mol. The summed E-state index contributed by atoms with van der Waals surface area (Å²) in [5.74, 6) is 0.563. The molecule has 0 aliphatic heterocycles. The summed E-state index contributed by atoms with van der Waals surface area (Å²) in [5, 5.41) is 2.83. The zero-order valence-corrected chi connectivity index (χ0v) is 10.7. The molecule has 0 aliphatic rings. The average Bonchev–Trinajstić information content (AvgIpc) is 2.45. The fourth-order valence-corrected chi connectivity index (χ4v) is 1.82. The van der Waals surface area contributed by atoms with E-state index in [2.05, 4.69) is 5.32 Å². The van der Waals surface area contributed by atoms with Crippen molar-refractivity contribution in [1.29, 1.82) is 0 Å². The molecule has 19 heavy (non-hydrogen) atoms. The standard InChI is InChI=1S/C15H16N2O2/c1-19-14-9-5-2-6-11(14)10-17-15(18)12-7-3-4-8-13(12)16/h2-9H,10,16H2,1H3,(H,17,18). The zero-order valence-electron chi connectivity index (χ0n) is 10.7. The average molecular weight is 256 g/mol. The van der Waals surface area contributed by atoms with Gasteiger partial charge in [0.1, 0.15) is 5.75 Å². The van der Waals surface area contributed by atoms with E-state index in [0.29, 0.717) is 17.8 Å². The van der Waals surface area contributed by atoms with Crippen molar-refractivity contribution in [2.24, 2.45) is 0 Å². The molecule has 4 heteroatoms. The molecule has 2 aromatic rings. The highest BCUT2D eigenvalue weighted by molar-refractivity contribution is 5.99. The quantitative estimate of drug-likeness (QED) is 0.824. The van der Waals surface area contributed by atoms with Gasteiger partial charge in [-0.15, -0.1) is 0 Å². The van der Waals surface area contributed by atoms with Crippen molar-refractivity contribution in [3.8, 4) is 5.75 Å². The first-order valence-electron chi connectivity index (χ1n) is 5.97. The largest absolute Gasteiger partial charge is 0.496 e. The Kier molecular flexibility index (Phi) is 4.03. The third kappa shape index (κ3) is 3.04. The fraction of sp³-hybridized carbons (Fsp3) is 0.133. The molecule has 0 saturated carbocycles. The number of hydrogen-bond acceptors (Lipinski definition) is 3. The molecule has 0 fully saturated rings. The summed E-state index contributed by atoms with van der Waals surface area (Å²) < 4.78 is 5.23. The van der Waals surface area contributed by atoms with Gasteiger partial charge in [0.05, 0.1) is 12.7 Å². The van der Waals surface area contributed by atoms with E-state index in [9.17, 15) is 4.79 Å². The van der Waals surface area contributed by atoms with Crippen LogP contribution in [-0.4, -0.2) is 13.0 Å². The second-order valence-corrected chi connectivity index (χ2v) is 4.08. The number of nitrogens with two attached hydrogens (primary N) is 1. The van der Waals surface area contributed by atoms with Crippen LogP contribution in [0.5, 0.6) is 5.75 Å². The number of amides is 1. The molecule has 0 atom stereocenters. The molecule has 4 nitrogen and oxygen atoms in total. The molecule has 0 bridgehead atoms. The SMILES string of the molecule is COc1ccccc1CNC(=O)c1ccccc1N. The lowest BCUT2D eigenvalue weighted by atomic mass is 10.1. The highest BCUT2D eigenvalue weighted by Crippen LogP contribution is 2.17. The Hall–Kier alpha value is -2.49. The molecule has 98 valence electrons. The minimum absolute atomic E-state index is 0.191. The summed E-state index contributed by atoms with van der Waals surface area (Å²) in [6.45, 7) is 0.400. The summed E-state index contributed by atoms with van der Waals surface area (Å²) in [4.78, 5) is 12.0. The minimum Gasteiger partial charge on any atom is -0.496 e. The first kappa shape index (κ1) is 13.0. The van der Waals surface area contributed by atoms with Gasteiger partial charge in [0.2, 0.25) is 0 Å². The van der Waals surface area contributed by atoms with Crippen molar-refractivity contribution in [1.82, 2.24) is 5.32 Å². The maximum absolute atomic E-state index is 12.0. The molecule has 0 aromatic heterocycles. The van der Waals surface area contributed by atoms with Gasteiger partial charge in [-0.25, -0.2) is 0 Å². The number of rotatable bonds is 4. The molecule has 0 heterocycles. The first-order valence-corrected chi connectivity index (χ1v) is 5.97. The Morgan fingerprint density at radius 1 is 1.16 bits per heavy atom. The van der Waals surface area contributed by atoms with Crippen LogP contribution in [0.4, 0.5) is 5.69 Å². The lowest BCUT2D eigenvalue weighted by molar-refractivity contribution is 0.0951. The maximum atomic E-state index is 12.0. The van der Waals surface area contributed by atoms with Gasteiger partial charge in [-0.05, 0) is 18.2 Å². The molecule has 2 aromatic carbocycles. The Morgan fingerprint density at radius 3 is 2.58 bits per heavy atom. The molecule has 2 rings (SSSR count). The summed E-state index contributed by atoms with van der Waals surface area (Å²) in [6.07, 6.45) is 0. The molecular weight excluding hydrogens is 240 g/mol. The van der Waals surface area contributed by atoms with Gasteiger partial charge < -0.3 is 15.8 Å². The number of methoxy groups -OCH3 is 1. The van der Waals surface area contributed by atoms with Gasteiger partial charge in [-0.2, -0.15) is 0 Å². The number of benzene rings is 2. The summed E-state index contributed by atoms with van der Waals surface area (Å²) in [6, 6.07) is 14.6. The van der Waals surface area contributed by atoms with Crippen LogP contribution in [-0.2, 0) is 6.54 Å². The molecule has 0 unspecified atom stereocenters. The van der Waals surface area contributed by atoms with Crippen molar-refractivity contribution in [3.05, 3.63) is 59.7 Å². The van der Waals surface area contributed by atoms with Gasteiger partial charge in [0.15, 0.2) is 0 Å². The van der Waals surface area contributed by atoms with E-state index >= 15 is 0 Å². The number of hydrogen-bond donors (Lipinski definition) is 2. The van der Waals surface area contributed by atoms with E-state index < -0.39 is 0 Å². The molecule has 0 radical (unpaired) electrons. The van der Waals surface area contributed by atoms with E-state index in [4.69, 9.17) is 10.5 Å². The second-order valence-electron chi connectivity index (χ2n) is 4.08. The molecule has 0 spiro atoms. The van der Waals surface area contributed by atoms with Crippen LogP contribution in [0.3, 0.4) is 0 Å². The number of nitrogens with one attached hydrogen (secondary N) is 1. The number of carbonyl (C=O) groups is 1. The van der Waals surface area contributed by atoms with Crippen LogP contribution in [0.1, 0.15) is 15.9 Å². The Balaban J connectivity index is 2.07. The van der Waals surface area contributed by atoms with Crippen LogP contribution in [0.15, 0.2) is 48.5 Å². The van der Waals surface area contributed by atoms with E-state index in [1.165, 1.54) is 0 Å². The second kappa shape index (κ2) is 5.91. The number of carbonyl (C=O) groups excluding carboxylic acids is 1. The Morgan fingerprint density at radius 2 is 1.84 bits per heavy atom. The van der Waals surface area contributed by atoms with Crippen LogP contribution in [0, 0.1) is 0 Å². The summed E-state index contributed by atoms with van der Waals surface area (Å²) in [7, 11) is 1.61. The summed E-state index contributed by atoms with van der Waals surface area (Å²) >= 11 is 0. The van der Waals surface area contributed by atoms with Crippen LogP contribution < -0.4 is 15.8 Å². The van der Waals surface area contributed by atoms with Gasteiger partial charge in [0.25, 0.3) is 5.91 Å². The van der Waals surface area contributed by atoms with E-state index in [1.807, 2.05) is 24.3 Å². The normalized spacial score (nSPS) is 9.95. The lowest BCUT2D eigenvalue weighted by Crippen LogP contribution is -2.24. The van der Waals surface area contributed by atoms with Gasteiger partial charge >= 0.3 is 0 Å². The highest BCUT2D eigenvalue weighted by atomic mass is 16.5. The molecule has 0 aliphatic carbocycles. The smallest absolute Gasteiger partial charge is 0.253 e. The number of anilines is 1. The zero-order chi connectivity index (χ0) is 13.7. The lowest BCUT2D eigenvalue weighted by Gasteiger charge is -2.10. The van der Waals surface area contributed by atoms with Crippen molar-refractivity contribution in [2.45, 2.75) is 6.54 Å². The first-order chi connectivity index (χ1) is 9.22. The van der Waals surface area contributed by atoms with Gasteiger partial charge in [-0.1, -0.05) is 30.3 Å². The number of para-hydroxylation sites is 2. The number of nitrogen functional groups attached to an aromatic ring is 1. The predicted octanol–water partition coefficient (Wildman–Crippen LogP) is 2.21. The molecule has 1 amide bonds. The monoisotopic (exact) mass is 256 g/mol. The molecular formula is C15H16N2O2. The van der Waals surface area contributed by atoms with Gasteiger partial charge in [-0.3, -0.25) is 4.79 Å². The van der Waals surface area contributed by atoms with E-state index in [-0.39, 0.29) is 5.91 Å². The minimum atomic E-state index is -0.191. The van der Waals surface area contributed by atoms with Crippen molar-refractivity contribution < 1.29 is 9.53 Å². The fourth-order valence-electron chi connectivity index (χ4n) is 1.82. The van der Waals surface area contributed by atoms with Gasteiger partial charge in [0, 0.05) is 17.8 Å². The molecule has 3 N–H and O–H groups in total. The van der Waals surface area contributed by atoms with Crippen molar-refractivity contribution in [3.63, 3.8) is 0 Å². The van der Waals surface area contributed by atoms with Crippen LogP contribution >= 0.6 is 0 Å². The number of ether oxygens (including phenoxy) is 1. The maximum Gasteiger partial charge on any atom is 0.253 e.